The number of nitrogens with zero attached hydrogens (tertiary/aromatic N) is 2. The highest BCUT2D eigenvalue weighted by Crippen LogP contribution is 2.25. The number of rotatable bonds is 7. The van der Waals surface area contributed by atoms with Crippen LogP contribution in [-0.4, -0.2) is 22.3 Å². The summed E-state index contributed by atoms with van der Waals surface area (Å²) in [6.45, 7) is 1.83. The SMILES string of the molecule is CC(Oc1ccc(-c2ccc(C#N)c(F)c2)cc1)C(O)CCc1cccnc1. The summed E-state index contributed by atoms with van der Waals surface area (Å²) in [6, 6.07) is 17.4. The van der Waals surface area contributed by atoms with E-state index in [1.54, 1.807) is 30.6 Å². The van der Waals surface area contributed by atoms with Crippen LogP contribution in [0.1, 0.15) is 24.5 Å². The van der Waals surface area contributed by atoms with E-state index >= 15 is 0 Å². The van der Waals surface area contributed by atoms with Gasteiger partial charge in [-0.2, -0.15) is 5.26 Å². The zero-order valence-corrected chi connectivity index (χ0v) is 15.5. The lowest BCUT2D eigenvalue weighted by molar-refractivity contribution is 0.0420. The largest absolute Gasteiger partial charge is 0.488 e. The first kappa shape index (κ1) is 19.5. The molecule has 0 bridgehead atoms. The fourth-order valence-corrected chi connectivity index (χ4v) is 2.90. The molecule has 142 valence electrons. The zero-order chi connectivity index (χ0) is 19.9. The minimum atomic E-state index is -0.604. The van der Waals surface area contributed by atoms with E-state index in [0.717, 1.165) is 17.5 Å². The molecule has 3 aromatic rings. The van der Waals surface area contributed by atoms with E-state index in [-0.39, 0.29) is 11.7 Å². The molecule has 0 saturated carbocycles. The molecule has 1 aromatic heterocycles. The van der Waals surface area contributed by atoms with Gasteiger partial charge in [-0.15, -0.1) is 0 Å². The molecule has 28 heavy (non-hydrogen) atoms. The van der Waals surface area contributed by atoms with E-state index in [0.29, 0.717) is 17.7 Å². The van der Waals surface area contributed by atoms with Gasteiger partial charge in [0.15, 0.2) is 0 Å². The van der Waals surface area contributed by atoms with Gasteiger partial charge in [0.1, 0.15) is 23.7 Å². The van der Waals surface area contributed by atoms with E-state index in [9.17, 15) is 9.50 Å². The maximum Gasteiger partial charge on any atom is 0.141 e. The van der Waals surface area contributed by atoms with Gasteiger partial charge in [0.2, 0.25) is 0 Å². The average Bonchev–Trinajstić information content (AvgIpc) is 2.73. The predicted octanol–water partition coefficient (Wildman–Crippen LogP) is 4.52. The lowest BCUT2D eigenvalue weighted by atomic mass is 10.0. The van der Waals surface area contributed by atoms with Crippen LogP contribution in [0.25, 0.3) is 11.1 Å². The van der Waals surface area contributed by atoms with Crippen molar-refractivity contribution in [3.8, 4) is 22.9 Å². The number of nitriles is 1. The van der Waals surface area contributed by atoms with Crippen LogP contribution in [0.2, 0.25) is 0 Å². The first-order valence-electron chi connectivity index (χ1n) is 9.10. The van der Waals surface area contributed by atoms with Crippen molar-refractivity contribution in [2.75, 3.05) is 0 Å². The molecule has 0 aliphatic rings. The van der Waals surface area contributed by atoms with Gasteiger partial charge in [-0.1, -0.05) is 24.3 Å². The highest BCUT2D eigenvalue weighted by atomic mass is 19.1. The number of hydrogen-bond donors (Lipinski definition) is 1. The Morgan fingerprint density at radius 1 is 1.14 bits per heavy atom. The standard InChI is InChI=1S/C23H21FN2O2/c1-16(23(27)11-4-17-3-2-12-26-15-17)28-21-9-7-18(8-10-21)19-5-6-20(14-25)22(24)13-19/h2-3,5-10,12-13,15-16,23,27H,4,11H2,1H3. The van der Waals surface area contributed by atoms with Gasteiger partial charge < -0.3 is 9.84 Å². The fraction of sp³-hybridized carbons (Fsp3) is 0.217. The molecule has 1 heterocycles. The molecule has 0 spiro atoms. The Kier molecular flexibility index (Phi) is 6.36. The Labute approximate surface area is 163 Å². The topological polar surface area (TPSA) is 66.1 Å². The summed E-state index contributed by atoms with van der Waals surface area (Å²) in [6.07, 6.45) is 3.86. The van der Waals surface area contributed by atoms with Crippen molar-refractivity contribution in [3.63, 3.8) is 0 Å². The van der Waals surface area contributed by atoms with E-state index in [2.05, 4.69) is 4.98 Å². The van der Waals surface area contributed by atoms with Gasteiger partial charge in [0, 0.05) is 12.4 Å². The van der Waals surface area contributed by atoms with E-state index in [1.807, 2.05) is 37.3 Å². The molecule has 3 rings (SSSR count). The third-order valence-electron chi connectivity index (χ3n) is 4.59. The molecule has 4 nitrogen and oxygen atoms in total. The van der Waals surface area contributed by atoms with Crippen LogP contribution in [0.15, 0.2) is 67.0 Å². The van der Waals surface area contributed by atoms with Crippen LogP contribution in [0.3, 0.4) is 0 Å². The number of ether oxygens (including phenoxy) is 1. The van der Waals surface area contributed by atoms with Gasteiger partial charge >= 0.3 is 0 Å². The van der Waals surface area contributed by atoms with Crippen LogP contribution in [0.5, 0.6) is 5.75 Å². The molecule has 0 aliphatic heterocycles. The summed E-state index contributed by atoms with van der Waals surface area (Å²) >= 11 is 0. The minimum Gasteiger partial charge on any atom is -0.488 e. The first-order valence-corrected chi connectivity index (χ1v) is 9.10. The number of halogens is 1. The maximum absolute atomic E-state index is 13.8. The lowest BCUT2D eigenvalue weighted by Gasteiger charge is -2.20. The predicted molar refractivity (Wildman–Crippen MR) is 105 cm³/mol. The molecule has 0 fully saturated rings. The van der Waals surface area contributed by atoms with E-state index in [1.165, 1.54) is 12.1 Å². The summed E-state index contributed by atoms with van der Waals surface area (Å²) in [4.78, 5) is 4.07. The number of aliphatic hydroxyl groups excluding tert-OH is 1. The van der Waals surface area contributed by atoms with Crippen LogP contribution >= 0.6 is 0 Å². The second-order valence-electron chi connectivity index (χ2n) is 6.62. The Bertz CT molecular complexity index is 953. The number of benzene rings is 2. The van der Waals surface area contributed by atoms with Crippen molar-refractivity contribution in [1.29, 1.82) is 5.26 Å². The van der Waals surface area contributed by atoms with Crippen molar-refractivity contribution in [3.05, 3.63) is 83.9 Å². The molecule has 1 N–H and O–H groups in total. The Morgan fingerprint density at radius 2 is 1.89 bits per heavy atom. The molecule has 0 radical (unpaired) electrons. The molecule has 0 saturated heterocycles. The number of aromatic nitrogens is 1. The zero-order valence-electron chi connectivity index (χ0n) is 15.5. The second-order valence-corrected chi connectivity index (χ2v) is 6.62. The third-order valence-corrected chi connectivity index (χ3v) is 4.59. The smallest absolute Gasteiger partial charge is 0.141 e. The molecule has 0 amide bonds. The van der Waals surface area contributed by atoms with Gasteiger partial charge in [0.25, 0.3) is 0 Å². The van der Waals surface area contributed by atoms with Crippen molar-refractivity contribution >= 4 is 0 Å². The summed E-state index contributed by atoms with van der Waals surface area (Å²) in [5.41, 5.74) is 2.61. The molecule has 2 aromatic carbocycles. The fourth-order valence-electron chi connectivity index (χ4n) is 2.90. The average molecular weight is 376 g/mol. The highest BCUT2D eigenvalue weighted by molar-refractivity contribution is 5.65. The van der Waals surface area contributed by atoms with Crippen molar-refractivity contribution < 1.29 is 14.2 Å². The first-order chi connectivity index (χ1) is 13.6. The quantitative estimate of drug-likeness (QED) is 0.658. The molecule has 5 heteroatoms. The summed E-state index contributed by atoms with van der Waals surface area (Å²) in [5, 5.41) is 19.2. The number of aliphatic hydroxyl groups is 1. The molecular weight excluding hydrogens is 355 g/mol. The summed E-state index contributed by atoms with van der Waals surface area (Å²) in [5.74, 6) is 0.0940. The Morgan fingerprint density at radius 3 is 2.54 bits per heavy atom. The van der Waals surface area contributed by atoms with Crippen LogP contribution < -0.4 is 4.74 Å². The van der Waals surface area contributed by atoms with Gasteiger partial charge in [-0.05, 0) is 66.8 Å². The highest BCUT2D eigenvalue weighted by Gasteiger charge is 2.16. The third kappa shape index (κ3) is 4.93. The molecular formula is C23H21FN2O2. The van der Waals surface area contributed by atoms with E-state index in [4.69, 9.17) is 10.00 Å². The Balaban J connectivity index is 1.59. The summed E-state index contributed by atoms with van der Waals surface area (Å²) in [7, 11) is 0. The second kappa shape index (κ2) is 9.12. The number of aryl methyl sites for hydroxylation is 1. The van der Waals surface area contributed by atoms with Crippen LogP contribution in [0, 0.1) is 17.1 Å². The van der Waals surface area contributed by atoms with Crippen molar-refractivity contribution in [1.82, 2.24) is 4.98 Å². The van der Waals surface area contributed by atoms with Crippen molar-refractivity contribution in [2.24, 2.45) is 0 Å². The maximum atomic E-state index is 13.8. The van der Waals surface area contributed by atoms with Gasteiger partial charge in [-0.25, -0.2) is 4.39 Å². The molecule has 2 atom stereocenters. The minimum absolute atomic E-state index is 0.0257. The molecule has 0 aliphatic carbocycles. The molecule has 2 unspecified atom stereocenters. The lowest BCUT2D eigenvalue weighted by Crippen LogP contribution is -2.29. The number of pyridine rings is 1. The normalized spacial score (nSPS) is 12.8. The van der Waals surface area contributed by atoms with E-state index < -0.39 is 11.9 Å². The van der Waals surface area contributed by atoms with Crippen LogP contribution in [-0.2, 0) is 6.42 Å². The Hall–Kier alpha value is -3.23. The van der Waals surface area contributed by atoms with Gasteiger partial charge in [-0.3, -0.25) is 4.98 Å². The van der Waals surface area contributed by atoms with Crippen molar-refractivity contribution in [2.45, 2.75) is 32.0 Å². The summed E-state index contributed by atoms with van der Waals surface area (Å²) < 4.78 is 19.6. The van der Waals surface area contributed by atoms with Crippen LogP contribution in [0.4, 0.5) is 4.39 Å². The van der Waals surface area contributed by atoms with Gasteiger partial charge in [0.05, 0.1) is 11.7 Å². The monoisotopic (exact) mass is 376 g/mol. The number of hydrogen-bond acceptors (Lipinski definition) is 4.